The Hall–Kier alpha value is -3.86. The van der Waals surface area contributed by atoms with Crippen molar-refractivity contribution in [2.75, 3.05) is 37.8 Å². The lowest BCUT2D eigenvalue weighted by Crippen LogP contribution is -2.46. The molecule has 0 spiro atoms. The number of fused-ring (bicyclic) bond motifs is 1. The molecule has 0 bridgehead atoms. The number of ether oxygens (including phenoxy) is 1. The number of imidazole rings is 1. The summed E-state index contributed by atoms with van der Waals surface area (Å²) >= 11 is 0.764. The molecule has 1 aliphatic heterocycles. The predicted molar refractivity (Wildman–Crippen MR) is 208 cm³/mol. The average molecular weight is 961 g/mol. The molecule has 2 amide bonds. The van der Waals surface area contributed by atoms with Gasteiger partial charge in [0, 0.05) is 42.3 Å². The Balaban J connectivity index is 1.19. The Morgan fingerprint density at radius 1 is 1.02 bits per heavy atom. The van der Waals surface area contributed by atoms with Crippen molar-refractivity contribution in [1.29, 1.82) is 0 Å². The molecule has 28 nitrogen and oxygen atoms in total. The van der Waals surface area contributed by atoms with Crippen molar-refractivity contribution in [2.24, 2.45) is 11.1 Å². The number of carbonyl (C=O) groups excluding carboxylic acids is 5. The first-order valence-electron chi connectivity index (χ1n) is 17.7. The fraction of sp³-hybridized carbons (Fsp3) is 0.533. The van der Waals surface area contributed by atoms with Crippen LogP contribution in [0.15, 0.2) is 36.1 Å². The van der Waals surface area contributed by atoms with E-state index in [-0.39, 0.29) is 54.2 Å². The number of aliphatic hydroxyl groups excluding tert-OH is 3. The average Bonchev–Trinajstić information content (AvgIpc) is 3.73. The van der Waals surface area contributed by atoms with E-state index < -0.39 is 113 Å². The summed E-state index contributed by atoms with van der Waals surface area (Å²) in [4.78, 5) is 111. The molecule has 0 aromatic carbocycles. The molecule has 1 aliphatic carbocycles. The number of nitrogens with zero attached hydrogens (tertiary/aromatic N) is 4. The van der Waals surface area contributed by atoms with Crippen LogP contribution in [0, 0.1) is 5.41 Å². The molecule has 0 radical (unpaired) electrons. The van der Waals surface area contributed by atoms with Gasteiger partial charge in [-0.15, -0.1) is 0 Å². The number of aromatic nitrogens is 4. The minimum Gasteiger partial charge on any atom is -0.508 e. The zero-order valence-corrected chi connectivity index (χ0v) is 35.9. The van der Waals surface area contributed by atoms with Gasteiger partial charge in [-0.05, 0) is 12.5 Å². The summed E-state index contributed by atoms with van der Waals surface area (Å²) < 4.78 is 62.1. The van der Waals surface area contributed by atoms with Gasteiger partial charge >= 0.3 is 23.5 Å². The highest BCUT2D eigenvalue weighted by Crippen LogP contribution is 2.61. The number of nitrogens with two attached hydrogens (primary N) is 2. The van der Waals surface area contributed by atoms with Gasteiger partial charge in [-0.25, -0.2) is 28.6 Å². The number of nitrogen functional groups attached to an aromatic ring is 1. The number of rotatable bonds is 22. The fourth-order valence-electron chi connectivity index (χ4n) is 5.46. The smallest absolute Gasteiger partial charge is 0.481 e. The van der Waals surface area contributed by atoms with Crippen LogP contribution in [0.25, 0.3) is 11.2 Å². The molecule has 2 aromatic rings. The topological polar surface area (TPSA) is 444 Å². The number of anilines is 1. The van der Waals surface area contributed by atoms with Crippen LogP contribution >= 0.6 is 35.2 Å². The number of carbonyl (C=O) groups is 5. The van der Waals surface area contributed by atoms with Crippen molar-refractivity contribution in [3.05, 3.63) is 36.1 Å². The molecule has 1 fully saturated rings. The molecular weight excluding hydrogens is 917 g/mol. The Morgan fingerprint density at radius 2 is 1.68 bits per heavy atom. The normalized spacial score (nSPS) is 22.6. The van der Waals surface area contributed by atoms with Gasteiger partial charge in [0.2, 0.25) is 28.5 Å². The fourth-order valence-corrected chi connectivity index (χ4v) is 9.00. The van der Waals surface area contributed by atoms with Gasteiger partial charge in [0.25, 0.3) is 0 Å². The van der Waals surface area contributed by atoms with Crippen LogP contribution in [0.4, 0.5) is 5.82 Å². The number of hydrogen-bond acceptors (Lipinski definition) is 22. The lowest BCUT2D eigenvalue weighted by molar-refractivity contribution is -0.137. The van der Waals surface area contributed by atoms with Gasteiger partial charge < -0.3 is 61.7 Å². The predicted octanol–water partition coefficient (Wildman–Crippen LogP) is -2.10. The number of thioether (sulfide) groups is 1. The minimum absolute atomic E-state index is 0.00131. The van der Waals surface area contributed by atoms with Gasteiger partial charge in [-0.3, -0.25) is 42.1 Å². The summed E-state index contributed by atoms with van der Waals surface area (Å²) in [7, 11) is -16.5. The molecular formula is C30H43N8O20P3S. The highest BCUT2D eigenvalue weighted by Gasteiger charge is 2.50. The Labute approximate surface area is 353 Å². The molecule has 8 atom stereocenters. The largest absolute Gasteiger partial charge is 0.508 e. The molecule has 8 unspecified atom stereocenters. The van der Waals surface area contributed by atoms with Crippen LogP contribution < -0.4 is 22.1 Å². The van der Waals surface area contributed by atoms with Crippen LogP contribution in [-0.4, -0.2) is 145 Å². The van der Waals surface area contributed by atoms with Crippen molar-refractivity contribution in [3.8, 4) is 0 Å². The van der Waals surface area contributed by atoms with Crippen LogP contribution in [0.1, 0.15) is 32.9 Å². The summed E-state index contributed by atoms with van der Waals surface area (Å²) in [5, 5.41) is 35.6. The Morgan fingerprint density at radius 3 is 2.35 bits per heavy atom. The van der Waals surface area contributed by atoms with E-state index in [0.717, 1.165) is 41.1 Å². The number of phosphoric ester groups is 3. The second-order valence-corrected chi connectivity index (χ2v) is 19.3. The van der Waals surface area contributed by atoms with Gasteiger partial charge in [0.15, 0.2) is 17.7 Å². The molecule has 13 N–H and O–H groups in total. The van der Waals surface area contributed by atoms with Crippen molar-refractivity contribution < 1.29 is 95.2 Å². The van der Waals surface area contributed by atoms with E-state index in [1.165, 1.54) is 13.8 Å². The molecule has 1 saturated heterocycles. The van der Waals surface area contributed by atoms with E-state index in [9.17, 15) is 72.6 Å². The minimum atomic E-state index is -5.61. The maximum atomic E-state index is 12.7. The molecule has 62 heavy (non-hydrogen) atoms. The highest BCUT2D eigenvalue weighted by atomic mass is 32.2. The SMILES string of the molecule is CC(C)(COP(=O)(O)OP(=O)(O)OCC1OC(n2cnc3c(N)ncnc32)C(O)C1OP(=O)(O)O)C(O)C(=O)NCCC(=O)NCCSC(=O)C(N)CC1=CC(=O)C(=O)C=C1O. The van der Waals surface area contributed by atoms with Gasteiger partial charge in [0.05, 0.1) is 25.6 Å². The van der Waals surface area contributed by atoms with Crippen molar-refractivity contribution >= 4 is 80.7 Å². The number of aliphatic hydroxyl groups is 3. The summed E-state index contributed by atoms with van der Waals surface area (Å²) in [6, 6.07) is -1.13. The number of hydrogen-bond donors (Lipinski definition) is 11. The Bertz CT molecular complexity index is 2250. The number of nitrogens with one attached hydrogen (secondary N) is 2. The highest BCUT2D eigenvalue weighted by molar-refractivity contribution is 8.13. The molecule has 3 heterocycles. The molecule has 344 valence electrons. The zero-order valence-electron chi connectivity index (χ0n) is 32.4. The Kier molecular flexibility index (Phi) is 17.0. The first kappa shape index (κ1) is 50.8. The maximum absolute atomic E-state index is 12.7. The lowest BCUT2D eigenvalue weighted by Gasteiger charge is -2.30. The molecule has 2 aliphatic rings. The van der Waals surface area contributed by atoms with E-state index >= 15 is 0 Å². The van der Waals surface area contributed by atoms with Crippen LogP contribution in [0.5, 0.6) is 0 Å². The monoisotopic (exact) mass is 960 g/mol. The third kappa shape index (κ3) is 14.1. The quantitative estimate of drug-likeness (QED) is 0.0261. The van der Waals surface area contributed by atoms with E-state index in [2.05, 4.69) is 34.4 Å². The third-order valence-electron chi connectivity index (χ3n) is 8.63. The van der Waals surface area contributed by atoms with Crippen LogP contribution in [0.3, 0.4) is 0 Å². The molecule has 4 rings (SSSR count). The van der Waals surface area contributed by atoms with Crippen LogP contribution in [0.2, 0.25) is 0 Å². The van der Waals surface area contributed by atoms with Gasteiger partial charge in [-0.2, -0.15) is 4.31 Å². The van der Waals surface area contributed by atoms with Crippen LogP contribution in [-0.2, 0) is 60.3 Å². The van der Waals surface area contributed by atoms with Gasteiger partial charge in [-0.1, -0.05) is 25.6 Å². The number of amides is 2. The molecule has 32 heteroatoms. The van der Waals surface area contributed by atoms with Crippen molar-refractivity contribution in [1.82, 2.24) is 30.2 Å². The molecule has 0 saturated carbocycles. The number of phosphoric acid groups is 3. The third-order valence-corrected chi connectivity index (χ3v) is 12.7. The number of allylic oxidation sites excluding steroid dienone is 3. The molecule has 2 aromatic heterocycles. The van der Waals surface area contributed by atoms with Crippen molar-refractivity contribution in [3.63, 3.8) is 0 Å². The maximum Gasteiger partial charge on any atom is 0.481 e. The van der Waals surface area contributed by atoms with E-state index in [1.54, 1.807) is 0 Å². The lowest BCUT2D eigenvalue weighted by atomic mass is 9.87. The standard InChI is InChI=1S/C30H43N8O20P3S/c1-30(2,24(44)27(45)34-4-3-20(42)33-5-6-62-29(46)15(31)7-14-8-17(40)18(41)9-16(14)39)11-55-61(52,53)58-60(50,51)54-10-19-23(57-59(47,48)49)22(43)28(56-19)38-13-37-21-25(32)35-12-36-26(21)38/h8-9,12-13,15,19,22-24,28,39,43-44H,3-7,10-11,31H2,1-2H3,(H,33,42)(H,34,45)(H,50,51)(H,52,53)(H2,32,35,36)(H2,47,48,49). The van der Waals surface area contributed by atoms with E-state index in [1.807, 2.05) is 0 Å². The second-order valence-electron chi connectivity index (χ2n) is 14.0. The van der Waals surface area contributed by atoms with Gasteiger partial charge in [0.1, 0.15) is 42.0 Å². The zero-order chi connectivity index (χ0) is 46.4. The summed E-state index contributed by atoms with van der Waals surface area (Å²) in [5.41, 5.74) is 10.0. The van der Waals surface area contributed by atoms with E-state index in [0.29, 0.717) is 0 Å². The van der Waals surface area contributed by atoms with E-state index in [4.69, 9.17) is 25.3 Å². The number of ketones is 2. The van der Waals surface area contributed by atoms with Crippen molar-refractivity contribution in [2.45, 2.75) is 63.4 Å². The summed E-state index contributed by atoms with van der Waals surface area (Å²) in [6.45, 7) is 0.0259. The summed E-state index contributed by atoms with van der Waals surface area (Å²) in [5.74, 6) is -3.83. The summed E-state index contributed by atoms with van der Waals surface area (Å²) in [6.07, 6.45) is -5.81. The second kappa shape index (κ2) is 20.8. The first-order valence-corrected chi connectivity index (χ1v) is 23.2. The first-order chi connectivity index (χ1) is 28.7.